The minimum atomic E-state index is -0.382. The number of nitrogens with one attached hydrogen (secondary N) is 1. The molecule has 1 unspecified atom stereocenters. The van der Waals surface area contributed by atoms with Gasteiger partial charge in [-0.2, -0.15) is 0 Å². The monoisotopic (exact) mass is 392 g/mol. The van der Waals surface area contributed by atoms with Gasteiger partial charge < -0.3 is 29.9 Å². The number of amides is 1. The first-order valence-electron chi connectivity index (χ1n) is 9.77. The van der Waals surface area contributed by atoms with Crippen LogP contribution in [0.5, 0.6) is 0 Å². The number of ether oxygens (including phenoxy) is 1. The SMILES string of the molecule is COC(=O)N1CCC(NC[C@H]2C[C@@H](O)CN2c2cc(N(C)C)ncn2)C1(C)C. The first-order valence-corrected chi connectivity index (χ1v) is 9.77. The number of carbonyl (C=O) groups is 1. The second-order valence-electron chi connectivity index (χ2n) is 8.35. The number of carbonyl (C=O) groups excluding carboxylic acids is 1. The van der Waals surface area contributed by atoms with E-state index in [1.807, 2.05) is 25.1 Å². The second-order valence-corrected chi connectivity index (χ2v) is 8.35. The van der Waals surface area contributed by atoms with Crippen LogP contribution in [0.15, 0.2) is 12.4 Å². The highest BCUT2D eigenvalue weighted by atomic mass is 16.5. The molecule has 1 amide bonds. The average molecular weight is 393 g/mol. The third kappa shape index (κ3) is 4.00. The first-order chi connectivity index (χ1) is 13.2. The highest BCUT2D eigenvalue weighted by Gasteiger charge is 2.45. The Hall–Kier alpha value is -2.13. The van der Waals surface area contributed by atoms with Gasteiger partial charge in [-0.1, -0.05) is 0 Å². The van der Waals surface area contributed by atoms with Crippen LogP contribution in [0, 0.1) is 0 Å². The number of hydrogen-bond acceptors (Lipinski definition) is 8. The van der Waals surface area contributed by atoms with Crippen molar-refractivity contribution < 1.29 is 14.6 Å². The van der Waals surface area contributed by atoms with Gasteiger partial charge in [0.05, 0.1) is 18.8 Å². The third-order valence-electron chi connectivity index (χ3n) is 5.97. The van der Waals surface area contributed by atoms with Crippen molar-refractivity contribution in [3.8, 4) is 0 Å². The van der Waals surface area contributed by atoms with E-state index in [2.05, 4.69) is 34.0 Å². The summed E-state index contributed by atoms with van der Waals surface area (Å²) in [7, 11) is 5.30. The standard InChI is InChI=1S/C19H32N6O3/c1-19(2)15(6-7-25(19)18(27)28-5)20-10-13-8-14(26)11-24(13)17-9-16(23(3)4)21-12-22-17/h9,12-15,20,26H,6-8,10-11H2,1-5H3/t13-,14-,15?/m1/s1. The Kier molecular flexibility index (Phi) is 5.95. The summed E-state index contributed by atoms with van der Waals surface area (Å²) in [5.74, 6) is 1.66. The van der Waals surface area contributed by atoms with Gasteiger partial charge in [-0.15, -0.1) is 0 Å². The summed E-state index contributed by atoms with van der Waals surface area (Å²) >= 11 is 0. The highest BCUT2D eigenvalue weighted by molar-refractivity contribution is 5.69. The quantitative estimate of drug-likeness (QED) is 0.756. The smallest absolute Gasteiger partial charge is 0.409 e. The molecule has 3 atom stereocenters. The van der Waals surface area contributed by atoms with Crippen LogP contribution in [0.4, 0.5) is 16.4 Å². The molecule has 3 heterocycles. The Morgan fingerprint density at radius 1 is 1.43 bits per heavy atom. The number of anilines is 2. The van der Waals surface area contributed by atoms with Gasteiger partial charge in [-0.3, -0.25) is 0 Å². The number of β-amino-alcohol motifs (C(OH)–C–C–N with tert-alkyl or cyclic N) is 1. The molecule has 2 saturated heterocycles. The normalized spacial score (nSPS) is 26.6. The molecule has 2 aliphatic rings. The number of aromatic nitrogens is 2. The zero-order chi connectivity index (χ0) is 20.5. The Balaban J connectivity index is 1.68. The summed E-state index contributed by atoms with van der Waals surface area (Å²) in [5, 5.41) is 13.9. The van der Waals surface area contributed by atoms with Gasteiger partial charge in [0.1, 0.15) is 18.0 Å². The van der Waals surface area contributed by atoms with Crippen LogP contribution in [0.2, 0.25) is 0 Å². The molecule has 2 fully saturated rings. The van der Waals surface area contributed by atoms with Crippen LogP contribution in [0.3, 0.4) is 0 Å². The van der Waals surface area contributed by atoms with E-state index in [0.717, 1.165) is 18.1 Å². The predicted molar refractivity (Wildman–Crippen MR) is 108 cm³/mol. The predicted octanol–water partition coefficient (Wildman–Crippen LogP) is 0.691. The fraction of sp³-hybridized carbons (Fsp3) is 0.737. The van der Waals surface area contributed by atoms with Crippen molar-refractivity contribution in [3.63, 3.8) is 0 Å². The zero-order valence-corrected chi connectivity index (χ0v) is 17.4. The lowest BCUT2D eigenvalue weighted by atomic mass is 9.95. The molecule has 2 N–H and O–H groups in total. The highest BCUT2D eigenvalue weighted by Crippen LogP contribution is 2.31. The van der Waals surface area contributed by atoms with Crippen molar-refractivity contribution in [2.75, 3.05) is 50.6 Å². The fourth-order valence-electron chi connectivity index (χ4n) is 4.26. The summed E-state index contributed by atoms with van der Waals surface area (Å²) in [5.41, 5.74) is -0.331. The molecule has 0 aliphatic carbocycles. The Morgan fingerprint density at radius 2 is 2.18 bits per heavy atom. The van der Waals surface area contributed by atoms with Crippen LogP contribution in [-0.4, -0.2) is 90.6 Å². The maximum Gasteiger partial charge on any atom is 0.409 e. The van der Waals surface area contributed by atoms with Crippen molar-refractivity contribution in [2.45, 2.75) is 50.4 Å². The summed E-state index contributed by atoms with van der Waals surface area (Å²) in [6.45, 7) is 6.06. The van der Waals surface area contributed by atoms with Gasteiger partial charge in [0.25, 0.3) is 0 Å². The molecule has 156 valence electrons. The third-order valence-corrected chi connectivity index (χ3v) is 5.97. The van der Waals surface area contributed by atoms with Gasteiger partial charge in [-0.05, 0) is 26.7 Å². The molecule has 9 nitrogen and oxygen atoms in total. The van der Waals surface area contributed by atoms with Crippen LogP contribution in [-0.2, 0) is 4.74 Å². The Bertz CT molecular complexity index is 698. The van der Waals surface area contributed by atoms with Gasteiger partial charge in [0.15, 0.2) is 0 Å². The van der Waals surface area contributed by atoms with Crippen LogP contribution < -0.4 is 15.1 Å². The number of hydrogen-bond donors (Lipinski definition) is 2. The number of methoxy groups -OCH3 is 1. The van der Waals surface area contributed by atoms with E-state index in [1.165, 1.54) is 7.11 Å². The van der Waals surface area contributed by atoms with E-state index in [-0.39, 0.29) is 29.8 Å². The van der Waals surface area contributed by atoms with Crippen LogP contribution in [0.1, 0.15) is 26.7 Å². The average Bonchev–Trinajstić information content (AvgIpc) is 3.18. The molecule has 1 aromatic heterocycles. The van der Waals surface area contributed by atoms with E-state index < -0.39 is 0 Å². The van der Waals surface area contributed by atoms with E-state index in [1.54, 1.807) is 11.2 Å². The van der Waals surface area contributed by atoms with Crippen molar-refractivity contribution in [1.29, 1.82) is 0 Å². The lowest BCUT2D eigenvalue weighted by Crippen LogP contribution is -2.54. The summed E-state index contributed by atoms with van der Waals surface area (Å²) in [4.78, 5) is 26.6. The van der Waals surface area contributed by atoms with Crippen molar-refractivity contribution in [2.24, 2.45) is 0 Å². The maximum absolute atomic E-state index is 12.0. The number of aliphatic hydroxyl groups is 1. The van der Waals surface area contributed by atoms with Crippen molar-refractivity contribution >= 4 is 17.7 Å². The molecule has 0 spiro atoms. The Labute approximate surface area is 166 Å². The molecule has 0 aromatic carbocycles. The van der Waals surface area contributed by atoms with Crippen molar-refractivity contribution in [3.05, 3.63) is 12.4 Å². The maximum atomic E-state index is 12.0. The van der Waals surface area contributed by atoms with E-state index in [0.29, 0.717) is 26.1 Å². The minimum absolute atomic E-state index is 0.128. The minimum Gasteiger partial charge on any atom is -0.453 e. The van der Waals surface area contributed by atoms with Gasteiger partial charge in [0.2, 0.25) is 0 Å². The largest absolute Gasteiger partial charge is 0.453 e. The van der Waals surface area contributed by atoms with E-state index >= 15 is 0 Å². The second kappa shape index (κ2) is 8.08. The number of likely N-dealkylation sites (tertiary alicyclic amines) is 1. The molecule has 0 bridgehead atoms. The van der Waals surface area contributed by atoms with Crippen LogP contribution >= 0.6 is 0 Å². The lowest BCUT2D eigenvalue weighted by Gasteiger charge is -2.36. The molecule has 0 radical (unpaired) electrons. The number of aliphatic hydroxyl groups excluding tert-OH is 1. The van der Waals surface area contributed by atoms with Crippen molar-refractivity contribution in [1.82, 2.24) is 20.2 Å². The van der Waals surface area contributed by atoms with Gasteiger partial charge in [0, 0.05) is 51.9 Å². The summed E-state index contributed by atoms with van der Waals surface area (Å²) in [6.07, 6.45) is 2.45. The number of rotatable bonds is 5. The molecule has 1 aromatic rings. The van der Waals surface area contributed by atoms with E-state index in [9.17, 15) is 9.90 Å². The first kappa shape index (κ1) is 20.6. The molecule has 0 saturated carbocycles. The summed E-state index contributed by atoms with van der Waals surface area (Å²) < 4.78 is 4.92. The fourth-order valence-corrected chi connectivity index (χ4v) is 4.26. The molecule has 9 heteroatoms. The molecular weight excluding hydrogens is 360 g/mol. The molecule has 3 rings (SSSR count). The Morgan fingerprint density at radius 3 is 2.86 bits per heavy atom. The van der Waals surface area contributed by atoms with E-state index in [4.69, 9.17) is 4.74 Å². The van der Waals surface area contributed by atoms with Gasteiger partial charge >= 0.3 is 6.09 Å². The lowest BCUT2D eigenvalue weighted by molar-refractivity contribution is 0.0914. The number of nitrogens with zero attached hydrogens (tertiary/aromatic N) is 5. The van der Waals surface area contributed by atoms with Crippen LogP contribution in [0.25, 0.3) is 0 Å². The molecule has 28 heavy (non-hydrogen) atoms. The zero-order valence-electron chi connectivity index (χ0n) is 17.4. The molecule has 2 aliphatic heterocycles. The van der Waals surface area contributed by atoms with Gasteiger partial charge in [-0.25, -0.2) is 14.8 Å². The topological polar surface area (TPSA) is 94.1 Å². The molecular formula is C19H32N6O3. The summed E-state index contributed by atoms with van der Waals surface area (Å²) in [6, 6.07) is 2.24.